The molecule has 5 nitrogen and oxygen atoms in total. The number of nitrogens with one attached hydrogen (secondary N) is 1. The third-order valence-corrected chi connectivity index (χ3v) is 5.94. The highest BCUT2D eigenvalue weighted by atomic mass is 19.4. The molecule has 0 spiro atoms. The Bertz CT molecular complexity index is 1330. The maximum Gasteiger partial charge on any atom is 0.416 e. The van der Waals surface area contributed by atoms with E-state index in [1.165, 1.54) is 25.1 Å². The van der Waals surface area contributed by atoms with E-state index in [-0.39, 0.29) is 18.1 Å². The van der Waals surface area contributed by atoms with Crippen molar-refractivity contribution in [3.8, 4) is 5.75 Å². The number of anilines is 1. The number of carboxylic acids is 1. The molecular weight excluding hydrogens is 471 g/mol. The van der Waals surface area contributed by atoms with Gasteiger partial charge in [-0.2, -0.15) is 13.2 Å². The predicted molar refractivity (Wildman–Crippen MR) is 131 cm³/mol. The second kappa shape index (κ2) is 10.3. The number of rotatable bonds is 7. The number of halogens is 3. The lowest BCUT2D eigenvalue weighted by Gasteiger charge is -2.18. The summed E-state index contributed by atoms with van der Waals surface area (Å²) in [7, 11) is 0. The van der Waals surface area contributed by atoms with Crippen LogP contribution in [0.15, 0.2) is 66.7 Å². The Morgan fingerprint density at radius 3 is 2.36 bits per heavy atom. The van der Waals surface area contributed by atoms with Gasteiger partial charge in [0.25, 0.3) is 0 Å². The Hall–Kier alpha value is -4.07. The molecule has 3 aromatic carbocycles. The number of carbonyl (C=O) groups is 2. The number of allylic oxidation sites excluding steroid dienone is 2. The van der Waals surface area contributed by atoms with Crippen molar-refractivity contribution in [2.24, 2.45) is 0 Å². The van der Waals surface area contributed by atoms with Gasteiger partial charge in [0.15, 0.2) is 0 Å². The summed E-state index contributed by atoms with van der Waals surface area (Å²) in [5.41, 5.74) is 2.63. The van der Waals surface area contributed by atoms with E-state index in [4.69, 9.17) is 4.74 Å². The smallest absolute Gasteiger partial charge is 0.416 e. The lowest BCUT2D eigenvalue weighted by Crippen LogP contribution is -2.08. The number of ether oxygens (including phenoxy) is 1. The molecule has 2 N–H and O–H groups in total. The van der Waals surface area contributed by atoms with E-state index in [9.17, 15) is 27.9 Å². The zero-order chi connectivity index (χ0) is 25.9. The second-order valence-corrected chi connectivity index (χ2v) is 8.58. The van der Waals surface area contributed by atoms with Crippen molar-refractivity contribution < 1.29 is 32.6 Å². The first kappa shape index (κ1) is 25.0. The highest BCUT2D eigenvalue weighted by molar-refractivity contribution is 5.99. The molecule has 0 saturated heterocycles. The van der Waals surface area contributed by atoms with Crippen LogP contribution in [0.4, 0.5) is 18.9 Å². The topological polar surface area (TPSA) is 75.6 Å². The maximum absolute atomic E-state index is 13.6. The molecule has 0 bridgehead atoms. The van der Waals surface area contributed by atoms with Gasteiger partial charge in [0.1, 0.15) is 12.4 Å². The Morgan fingerprint density at radius 2 is 1.69 bits per heavy atom. The number of benzene rings is 3. The van der Waals surface area contributed by atoms with Crippen molar-refractivity contribution >= 4 is 28.7 Å². The van der Waals surface area contributed by atoms with Crippen LogP contribution < -0.4 is 10.1 Å². The monoisotopic (exact) mass is 495 g/mol. The predicted octanol–water partition coefficient (Wildman–Crippen LogP) is 7.04. The van der Waals surface area contributed by atoms with Gasteiger partial charge in [0.2, 0.25) is 5.91 Å². The van der Waals surface area contributed by atoms with Crippen molar-refractivity contribution in [2.45, 2.75) is 39.0 Å². The molecule has 0 atom stereocenters. The maximum atomic E-state index is 13.6. The molecule has 0 aromatic heterocycles. The standard InChI is InChI=1S/C28H24F3NO4/c1-17(33)32-22-13-19(12-20(14-22)27(34)35)23-8-5-9-24(23)25-15-21(28(29,30)31)10-11-26(25)36-16-18-6-3-2-4-7-18/h2-4,6-7,10-15H,5,8-9,16H2,1H3,(H,32,33)(H,34,35). The lowest BCUT2D eigenvalue weighted by atomic mass is 9.93. The van der Waals surface area contributed by atoms with E-state index in [2.05, 4.69) is 5.32 Å². The third kappa shape index (κ3) is 5.76. The summed E-state index contributed by atoms with van der Waals surface area (Å²) < 4.78 is 46.8. The number of hydrogen-bond donors (Lipinski definition) is 2. The summed E-state index contributed by atoms with van der Waals surface area (Å²) >= 11 is 0. The molecule has 0 radical (unpaired) electrons. The van der Waals surface area contributed by atoms with Crippen molar-refractivity contribution in [1.82, 2.24) is 0 Å². The fourth-order valence-electron chi connectivity index (χ4n) is 4.36. The van der Waals surface area contributed by atoms with Crippen LogP contribution in [-0.2, 0) is 17.6 Å². The van der Waals surface area contributed by atoms with Crippen LogP contribution in [0.2, 0.25) is 0 Å². The molecule has 186 valence electrons. The number of carboxylic acid groups (broad SMARTS) is 1. The number of amides is 1. The molecule has 1 amide bonds. The van der Waals surface area contributed by atoms with E-state index in [0.717, 1.165) is 23.3 Å². The average molecular weight is 495 g/mol. The van der Waals surface area contributed by atoms with Crippen molar-refractivity contribution in [2.75, 3.05) is 5.32 Å². The van der Waals surface area contributed by atoms with Crippen LogP contribution in [-0.4, -0.2) is 17.0 Å². The molecule has 8 heteroatoms. The van der Waals surface area contributed by atoms with Crippen LogP contribution in [0.3, 0.4) is 0 Å². The molecule has 36 heavy (non-hydrogen) atoms. The Morgan fingerprint density at radius 1 is 0.972 bits per heavy atom. The Balaban J connectivity index is 1.83. The normalized spacial score (nSPS) is 13.6. The molecule has 4 rings (SSSR count). The van der Waals surface area contributed by atoms with Crippen LogP contribution >= 0.6 is 0 Å². The van der Waals surface area contributed by atoms with Gasteiger partial charge in [0, 0.05) is 18.2 Å². The molecule has 0 heterocycles. The molecule has 0 saturated carbocycles. The summed E-state index contributed by atoms with van der Waals surface area (Å²) in [6.07, 6.45) is -2.79. The van der Waals surface area contributed by atoms with Gasteiger partial charge in [-0.05, 0) is 77.9 Å². The third-order valence-electron chi connectivity index (χ3n) is 5.94. The highest BCUT2D eigenvalue weighted by Crippen LogP contribution is 2.45. The van der Waals surface area contributed by atoms with Gasteiger partial charge < -0.3 is 15.2 Å². The van der Waals surface area contributed by atoms with Crippen molar-refractivity contribution in [1.29, 1.82) is 0 Å². The Kier molecular flexibility index (Phi) is 7.15. The van der Waals surface area contributed by atoms with Gasteiger partial charge in [-0.3, -0.25) is 4.79 Å². The molecule has 0 fully saturated rings. The zero-order valence-corrected chi connectivity index (χ0v) is 19.5. The van der Waals surface area contributed by atoms with E-state index >= 15 is 0 Å². The molecule has 1 aliphatic carbocycles. The average Bonchev–Trinajstić information content (AvgIpc) is 3.32. The summed E-state index contributed by atoms with van der Waals surface area (Å²) in [5.74, 6) is -1.22. The van der Waals surface area contributed by atoms with Gasteiger partial charge >= 0.3 is 12.1 Å². The zero-order valence-electron chi connectivity index (χ0n) is 19.5. The molecule has 0 unspecified atom stereocenters. The minimum absolute atomic E-state index is 0.0282. The number of hydrogen-bond acceptors (Lipinski definition) is 3. The molecule has 1 aliphatic rings. The van der Waals surface area contributed by atoms with Crippen molar-refractivity contribution in [3.05, 3.63) is 94.5 Å². The number of carbonyl (C=O) groups excluding carboxylic acids is 1. The SMILES string of the molecule is CC(=O)Nc1cc(C(=O)O)cc(C2=C(c3cc(C(F)(F)F)ccc3OCc3ccccc3)CCC2)c1. The first-order chi connectivity index (χ1) is 17.1. The van der Waals surface area contributed by atoms with E-state index in [0.29, 0.717) is 47.4 Å². The van der Waals surface area contributed by atoms with Crippen LogP contribution in [0.25, 0.3) is 11.1 Å². The van der Waals surface area contributed by atoms with Gasteiger partial charge in [-0.25, -0.2) is 4.79 Å². The van der Waals surface area contributed by atoms with Gasteiger partial charge in [0.05, 0.1) is 11.1 Å². The van der Waals surface area contributed by atoms with E-state index in [1.807, 2.05) is 30.3 Å². The molecular formula is C28H24F3NO4. The van der Waals surface area contributed by atoms with E-state index in [1.54, 1.807) is 6.07 Å². The summed E-state index contributed by atoms with van der Waals surface area (Å²) in [6, 6.07) is 17.2. The molecule has 0 aliphatic heterocycles. The van der Waals surface area contributed by atoms with Crippen molar-refractivity contribution in [3.63, 3.8) is 0 Å². The highest BCUT2D eigenvalue weighted by Gasteiger charge is 2.32. The minimum Gasteiger partial charge on any atom is -0.488 e. The fraction of sp³-hybridized carbons (Fsp3) is 0.214. The number of aromatic carboxylic acids is 1. The van der Waals surface area contributed by atoms with Crippen LogP contribution in [0.5, 0.6) is 5.75 Å². The Labute approximate surface area is 206 Å². The van der Waals surface area contributed by atoms with Gasteiger partial charge in [-0.1, -0.05) is 30.3 Å². The fourth-order valence-corrected chi connectivity index (χ4v) is 4.36. The summed E-state index contributed by atoms with van der Waals surface area (Å²) in [4.78, 5) is 23.3. The second-order valence-electron chi connectivity index (χ2n) is 8.58. The van der Waals surface area contributed by atoms with Gasteiger partial charge in [-0.15, -0.1) is 0 Å². The first-order valence-electron chi connectivity index (χ1n) is 11.4. The minimum atomic E-state index is -4.53. The summed E-state index contributed by atoms with van der Waals surface area (Å²) in [5, 5.41) is 12.2. The lowest BCUT2D eigenvalue weighted by molar-refractivity contribution is -0.137. The molecule has 3 aromatic rings. The largest absolute Gasteiger partial charge is 0.488 e. The van der Waals surface area contributed by atoms with Crippen LogP contribution in [0, 0.1) is 0 Å². The quantitative estimate of drug-likeness (QED) is 0.369. The van der Waals surface area contributed by atoms with E-state index < -0.39 is 17.7 Å². The summed E-state index contributed by atoms with van der Waals surface area (Å²) in [6.45, 7) is 1.50. The number of alkyl halides is 3. The van der Waals surface area contributed by atoms with Crippen LogP contribution in [0.1, 0.15) is 58.8 Å². The first-order valence-corrected chi connectivity index (χ1v) is 11.4.